The number of benzene rings is 1. The predicted molar refractivity (Wildman–Crippen MR) is 98.0 cm³/mol. The minimum absolute atomic E-state index is 0.164. The Hall–Kier alpha value is -2.57. The number of aromatic nitrogens is 4. The third-order valence-corrected chi connectivity index (χ3v) is 5.10. The van der Waals surface area contributed by atoms with Crippen LogP contribution in [0.4, 0.5) is 0 Å². The van der Waals surface area contributed by atoms with Gasteiger partial charge in [0.15, 0.2) is 0 Å². The number of nitrogens with zero attached hydrogens (tertiary/aromatic N) is 5. The number of hydrogen-bond acceptors (Lipinski definition) is 5. The van der Waals surface area contributed by atoms with E-state index in [9.17, 15) is 4.79 Å². The molecule has 0 saturated heterocycles. The van der Waals surface area contributed by atoms with Gasteiger partial charge in [-0.25, -0.2) is 9.97 Å². The Bertz CT molecular complexity index is 981. The highest BCUT2D eigenvalue weighted by Gasteiger charge is 2.27. The van der Waals surface area contributed by atoms with Gasteiger partial charge < -0.3 is 4.90 Å². The molecule has 1 aliphatic rings. The van der Waals surface area contributed by atoms with Gasteiger partial charge in [-0.15, -0.1) is 0 Å². The number of rotatable bonds is 2. The molecule has 6 nitrogen and oxygen atoms in total. The molecule has 2 aromatic heterocycles. The van der Waals surface area contributed by atoms with Crippen molar-refractivity contribution in [1.82, 2.24) is 24.8 Å². The Morgan fingerprint density at radius 2 is 2.00 bits per heavy atom. The van der Waals surface area contributed by atoms with Crippen molar-refractivity contribution in [3.8, 4) is 11.4 Å². The van der Waals surface area contributed by atoms with Gasteiger partial charge >= 0.3 is 0 Å². The average Bonchev–Trinajstić information content (AvgIpc) is 2.69. The van der Waals surface area contributed by atoms with Crippen LogP contribution in [0.3, 0.4) is 0 Å². The molecule has 1 amide bonds. The Kier molecular flexibility index (Phi) is 4.53. The zero-order chi connectivity index (χ0) is 18.1. The van der Waals surface area contributed by atoms with E-state index < -0.39 is 0 Å². The summed E-state index contributed by atoms with van der Waals surface area (Å²) in [6, 6.07) is 5.05. The summed E-state index contributed by atoms with van der Waals surface area (Å²) >= 11 is 12.2. The van der Waals surface area contributed by atoms with E-state index in [0.717, 1.165) is 17.0 Å². The third-order valence-electron chi connectivity index (χ3n) is 4.28. The first-order valence-electron chi connectivity index (χ1n) is 7.97. The molecule has 0 unspecified atom stereocenters. The van der Waals surface area contributed by atoms with Crippen LogP contribution in [0, 0.1) is 0 Å². The zero-order valence-corrected chi connectivity index (χ0v) is 15.1. The van der Waals surface area contributed by atoms with Crippen molar-refractivity contribution < 1.29 is 4.79 Å². The topological polar surface area (TPSA) is 71.9 Å². The zero-order valence-electron chi connectivity index (χ0n) is 13.6. The van der Waals surface area contributed by atoms with Crippen molar-refractivity contribution in [2.75, 3.05) is 6.54 Å². The van der Waals surface area contributed by atoms with Gasteiger partial charge in [0, 0.05) is 24.5 Å². The van der Waals surface area contributed by atoms with Crippen molar-refractivity contribution in [2.45, 2.75) is 13.0 Å². The fourth-order valence-electron chi connectivity index (χ4n) is 3.01. The fraction of sp³-hybridized carbons (Fsp3) is 0.167. The molecule has 26 heavy (non-hydrogen) atoms. The SMILES string of the molecule is O=C(c1cccc(Cl)c1Cl)N1CCc2c(ncnc2-c2cnccn2)C1. The van der Waals surface area contributed by atoms with E-state index in [4.69, 9.17) is 23.2 Å². The lowest BCUT2D eigenvalue weighted by atomic mass is 10.0. The van der Waals surface area contributed by atoms with Crippen molar-refractivity contribution in [2.24, 2.45) is 0 Å². The second kappa shape index (κ2) is 6.97. The molecule has 1 aliphatic heterocycles. The van der Waals surface area contributed by atoms with E-state index in [1.54, 1.807) is 41.7 Å². The maximum atomic E-state index is 12.9. The van der Waals surface area contributed by atoms with Gasteiger partial charge in [0.2, 0.25) is 0 Å². The lowest BCUT2D eigenvalue weighted by Crippen LogP contribution is -2.37. The van der Waals surface area contributed by atoms with Crippen LogP contribution in [0.1, 0.15) is 21.6 Å². The number of halogens is 2. The third kappa shape index (κ3) is 3.02. The fourth-order valence-corrected chi connectivity index (χ4v) is 3.39. The molecule has 0 N–H and O–H groups in total. The largest absolute Gasteiger partial charge is 0.332 e. The Labute approximate surface area is 159 Å². The summed E-state index contributed by atoms with van der Waals surface area (Å²) in [4.78, 5) is 31.7. The smallest absolute Gasteiger partial charge is 0.255 e. The number of amides is 1. The highest BCUT2D eigenvalue weighted by atomic mass is 35.5. The van der Waals surface area contributed by atoms with Crippen LogP contribution in [0.5, 0.6) is 0 Å². The predicted octanol–water partition coefficient (Wildman–Crippen LogP) is 3.44. The summed E-state index contributed by atoms with van der Waals surface area (Å²) in [7, 11) is 0. The maximum Gasteiger partial charge on any atom is 0.255 e. The molecule has 1 aromatic carbocycles. The van der Waals surface area contributed by atoms with Crippen LogP contribution in [-0.2, 0) is 13.0 Å². The van der Waals surface area contributed by atoms with Crippen LogP contribution in [-0.4, -0.2) is 37.3 Å². The second-order valence-corrected chi connectivity index (χ2v) is 6.60. The van der Waals surface area contributed by atoms with Gasteiger partial charge in [-0.05, 0) is 18.6 Å². The minimum Gasteiger partial charge on any atom is -0.332 e. The Balaban J connectivity index is 1.65. The number of fused-ring (bicyclic) bond motifs is 1. The molecule has 0 aliphatic carbocycles. The lowest BCUT2D eigenvalue weighted by Gasteiger charge is -2.29. The molecule has 3 aromatic rings. The van der Waals surface area contributed by atoms with Crippen LogP contribution in [0.15, 0.2) is 43.1 Å². The van der Waals surface area contributed by atoms with Crippen LogP contribution >= 0.6 is 23.2 Å². The van der Waals surface area contributed by atoms with Crippen molar-refractivity contribution >= 4 is 29.1 Å². The summed E-state index contributed by atoms with van der Waals surface area (Å²) in [5.41, 5.74) is 3.65. The molecule has 130 valence electrons. The van der Waals surface area contributed by atoms with E-state index in [0.29, 0.717) is 35.8 Å². The van der Waals surface area contributed by atoms with E-state index in [-0.39, 0.29) is 10.9 Å². The van der Waals surface area contributed by atoms with E-state index in [1.165, 1.54) is 6.33 Å². The summed E-state index contributed by atoms with van der Waals surface area (Å²) < 4.78 is 0. The summed E-state index contributed by atoms with van der Waals surface area (Å²) in [5.74, 6) is -0.164. The van der Waals surface area contributed by atoms with Crippen molar-refractivity contribution in [3.63, 3.8) is 0 Å². The number of carbonyl (C=O) groups is 1. The number of hydrogen-bond donors (Lipinski definition) is 0. The summed E-state index contributed by atoms with van der Waals surface area (Å²) in [6.45, 7) is 0.919. The van der Waals surface area contributed by atoms with Gasteiger partial charge in [0.05, 0.1) is 39.7 Å². The molecule has 0 atom stereocenters. The van der Waals surface area contributed by atoms with Gasteiger partial charge in [0.25, 0.3) is 5.91 Å². The van der Waals surface area contributed by atoms with E-state index in [2.05, 4.69) is 19.9 Å². The first kappa shape index (κ1) is 16.9. The first-order valence-corrected chi connectivity index (χ1v) is 8.73. The van der Waals surface area contributed by atoms with Crippen molar-refractivity contribution in [3.05, 3.63) is 70.0 Å². The Morgan fingerprint density at radius 1 is 1.12 bits per heavy atom. The molecule has 8 heteroatoms. The first-order chi connectivity index (χ1) is 12.6. The molecule has 0 fully saturated rings. The Morgan fingerprint density at radius 3 is 2.81 bits per heavy atom. The lowest BCUT2D eigenvalue weighted by molar-refractivity contribution is 0.0732. The molecule has 4 rings (SSSR count). The average molecular weight is 386 g/mol. The maximum absolute atomic E-state index is 12.9. The molecular weight excluding hydrogens is 373 g/mol. The molecular formula is C18H13Cl2N5O. The molecule has 0 radical (unpaired) electrons. The van der Waals surface area contributed by atoms with Crippen LogP contribution in [0.25, 0.3) is 11.4 Å². The monoisotopic (exact) mass is 385 g/mol. The summed E-state index contributed by atoms with van der Waals surface area (Å²) in [5, 5.41) is 0.634. The van der Waals surface area contributed by atoms with E-state index >= 15 is 0 Å². The van der Waals surface area contributed by atoms with Gasteiger partial charge in [-0.3, -0.25) is 14.8 Å². The summed E-state index contributed by atoms with van der Waals surface area (Å²) in [6.07, 6.45) is 7.04. The van der Waals surface area contributed by atoms with Gasteiger partial charge in [-0.1, -0.05) is 29.3 Å². The normalized spacial score (nSPS) is 13.4. The molecule has 0 saturated carbocycles. The number of carbonyl (C=O) groups excluding carboxylic acids is 1. The highest BCUT2D eigenvalue weighted by molar-refractivity contribution is 6.43. The van der Waals surface area contributed by atoms with Crippen molar-refractivity contribution in [1.29, 1.82) is 0 Å². The van der Waals surface area contributed by atoms with Gasteiger partial charge in [-0.2, -0.15) is 0 Å². The molecule has 0 spiro atoms. The quantitative estimate of drug-likeness (QED) is 0.675. The second-order valence-electron chi connectivity index (χ2n) is 5.82. The van der Waals surface area contributed by atoms with Crippen LogP contribution < -0.4 is 0 Å². The molecule has 0 bridgehead atoms. The van der Waals surface area contributed by atoms with E-state index in [1.807, 2.05) is 0 Å². The van der Waals surface area contributed by atoms with Crippen LogP contribution in [0.2, 0.25) is 10.0 Å². The highest BCUT2D eigenvalue weighted by Crippen LogP contribution is 2.29. The van der Waals surface area contributed by atoms with Gasteiger partial charge in [0.1, 0.15) is 12.0 Å². The standard InChI is InChI=1S/C18H13Cl2N5O/c19-13-3-1-2-12(16(13)20)18(26)25-7-4-11-15(9-25)23-10-24-17(11)14-8-21-5-6-22-14/h1-3,5-6,8,10H,4,7,9H2. The molecule has 3 heterocycles. The minimum atomic E-state index is -0.164.